The Hall–Kier alpha value is -2.89. The molecule has 2 rings (SSSR count). The van der Waals surface area contributed by atoms with Crippen LogP contribution in [0.4, 0.5) is 17.5 Å². The second kappa shape index (κ2) is 7.04. The molecule has 6 heteroatoms. The Kier molecular flexibility index (Phi) is 4.87. The lowest BCUT2D eigenvalue weighted by atomic mass is 10.3. The molecule has 21 heavy (non-hydrogen) atoms. The van der Waals surface area contributed by atoms with Gasteiger partial charge in [-0.05, 0) is 25.1 Å². The minimum absolute atomic E-state index is 0.281. The SMILES string of the molecule is CCOC(=O)C=Cc1cnc(Nc2ccccc2)nc1N. The van der Waals surface area contributed by atoms with Crippen molar-refractivity contribution in [2.75, 3.05) is 17.7 Å². The molecule has 0 aliphatic heterocycles. The monoisotopic (exact) mass is 284 g/mol. The molecule has 0 bridgehead atoms. The number of nitrogens with two attached hydrogens (primary N) is 1. The molecule has 0 atom stereocenters. The first-order chi connectivity index (χ1) is 10.2. The highest BCUT2D eigenvalue weighted by atomic mass is 16.5. The first-order valence-electron chi connectivity index (χ1n) is 6.48. The van der Waals surface area contributed by atoms with Crippen LogP contribution in [0.3, 0.4) is 0 Å². The third kappa shape index (κ3) is 4.31. The number of hydrogen-bond acceptors (Lipinski definition) is 6. The summed E-state index contributed by atoms with van der Waals surface area (Å²) in [6, 6.07) is 9.52. The van der Waals surface area contributed by atoms with Crippen LogP contribution in [0, 0.1) is 0 Å². The smallest absolute Gasteiger partial charge is 0.330 e. The van der Waals surface area contributed by atoms with Gasteiger partial charge in [0.25, 0.3) is 0 Å². The lowest BCUT2D eigenvalue weighted by Gasteiger charge is -2.06. The minimum Gasteiger partial charge on any atom is -0.463 e. The summed E-state index contributed by atoms with van der Waals surface area (Å²) >= 11 is 0. The molecule has 0 aliphatic carbocycles. The molecule has 1 aromatic heterocycles. The normalized spacial score (nSPS) is 10.5. The van der Waals surface area contributed by atoms with Crippen molar-refractivity contribution in [3.8, 4) is 0 Å². The molecule has 0 saturated heterocycles. The number of ether oxygens (including phenoxy) is 1. The summed E-state index contributed by atoms with van der Waals surface area (Å²) < 4.78 is 4.79. The first-order valence-corrected chi connectivity index (χ1v) is 6.48. The lowest BCUT2D eigenvalue weighted by Crippen LogP contribution is -2.03. The van der Waals surface area contributed by atoms with E-state index in [2.05, 4.69) is 15.3 Å². The van der Waals surface area contributed by atoms with E-state index >= 15 is 0 Å². The molecule has 1 heterocycles. The van der Waals surface area contributed by atoms with Crippen LogP contribution in [-0.4, -0.2) is 22.5 Å². The summed E-state index contributed by atoms with van der Waals surface area (Å²) in [6.07, 6.45) is 4.37. The van der Waals surface area contributed by atoms with Gasteiger partial charge in [0.15, 0.2) is 0 Å². The van der Waals surface area contributed by atoms with Gasteiger partial charge in [-0.3, -0.25) is 0 Å². The van der Waals surface area contributed by atoms with Gasteiger partial charge in [0.05, 0.1) is 6.61 Å². The summed E-state index contributed by atoms with van der Waals surface area (Å²) in [4.78, 5) is 19.5. The Bertz CT molecular complexity index is 641. The van der Waals surface area contributed by atoms with E-state index in [4.69, 9.17) is 10.5 Å². The van der Waals surface area contributed by atoms with Gasteiger partial charge in [-0.15, -0.1) is 0 Å². The van der Waals surface area contributed by atoms with Gasteiger partial charge in [-0.25, -0.2) is 9.78 Å². The zero-order valence-electron chi connectivity index (χ0n) is 11.6. The second-order valence-electron chi connectivity index (χ2n) is 4.11. The Morgan fingerprint density at radius 1 is 1.38 bits per heavy atom. The number of benzene rings is 1. The number of carbonyl (C=O) groups is 1. The third-order valence-corrected chi connectivity index (χ3v) is 2.56. The molecule has 0 amide bonds. The highest BCUT2D eigenvalue weighted by Crippen LogP contribution is 2.16. The predicted octanol–water partition coefficient (Wildman–Crippen LogP) is 2.38. The van der Waals surface area contributed by atoms with Crippen LogP contribution in [-0.2, 0) is 9.53 Å². The maximum atomic E-state index is 11.2. The van der Waals surface area contributed by atoms with E-state index in [-0.39, 0.29) is 5.82 Å². The molecule has 0 unspecified atom stereocenters. The Morgan fingerprint density at radius 3 is 2.81 bits per heavy atom. The van der Waals surface area contributed by atoms with Crippen molar-refractivity contribution in [2.24, 2.45) is 0 Å². The van der Waals surface area contributed by atoms with Gasteiger partial charge in [0.2, 0.25) is 5.95 Å². The number of nitrogen functional groups attached to an aromatic ring is 1. The average Bonchev–Trinajstić information content (AvgIpc) is 2.48. The molecule has 0 spiro atoms. The molecule has 0 saturated carbocycles. The standard InChI is InChI=1S/C15H16N4O2/c1-2-21-13(20)9-8-11-10-17-15(19-14(11)16)18-12-6-4-3-5-7-12/h3-10H,2H2,1H3,(H3,16,17,18,19). The maximum Gasteiger partial charge on any atom is 0.330 e. The van der Waals surface area contributed by atoms with E-state index in [1.54, 1.807) is 13.1 Å². The van der Waals surface area contributed by atoms with Crippen molar-refractivity contribution >= 4 is 29.5 Å². The van der Waals surface area contributed by atoms with E-state index in [0.29, 0.717) is 18.1 Å². The predicted molar refractivity (Wildman–Crippen MR) is 81.8 cm³/mol. The number of aromatic nitrogens is 2. The fourth-order valence-electron chi connectivity index (χ4n) is 1.59. The van der Waals surface area contributed by atoms with Gasteiger partial charge in [-0.2, -0.15) is 4.98 Å². The van der Waals surface area contributed by atoms with Crippen LogP contribution >= 0.6 is 0 Å². The van der Waals surface area contributed by atoms with E-state index in [1.807, 2.05) is 30.3 Å². The van der Waals surface area contributed by atoms with Crippen LogP contribution in [0.1, 0.15) is 12.5 Å². The number of carbonyl (C=O) groups excluding carboxylic acids is 1. The van der Waals surface area contributed by atoms with E-state index in [9.17, 15) is 4.79 Å². The molecule has 3 N–H and O–H groups in total. The first kappa shape index (κ1) is 14.5. The Labute approximate surface area is 122 Å². The van der Waals surface area contributed by atoms with Crippen LogP contribution in [0.5, 0.6) is 0 Å². The summed E-state index contributed by atoms with van der Waals surface area (Å²) in [6.45, 7) is 2.07. The lowest BCUT2D eigenvalue weighted by molar-refractivity contribution is -0.137. The van der Waals surface area contributed by atoms with E-state index in [1.165, 1.54) is 12.2 Å². The topological polar surface area (TPSA) is 90.1 Å². The van der Waals surface area contributed by atoms with E-state index < -0.39 is 5.97 Å². The number of rotatable bonds is 5. The van der Waals surface area contributed by atoms with Gasteiger partial charge in [-0.1, -0.05) is 18.2 Å². The van der Waals surface area contributed by atoms with Gasteiger partial charge >= 0.3 is 5.97 Å². The van der Waals surface area contributed by atoms with Gasteiger partial charge in [0.1, 0.15) is 5.82 Å². The third-order valence-electron chi connectivity index (χ3n) is 2.56. The number of anilines is 3. The highest BCUT2D eigenvalue weighted by Gasteiger charge is 2.03. The second-order valence-corrected chi connectivity index (χ2v) is 4.11. The van der Waals surface area contributed by atoms with E-state index in [0.717, 1.165) is 5.69 Å². The number of hydrogen-bond donors (Lipinski definition) is 2. The largest absolute Gasteiger partial charge is 0.463 e. The van der Waals surface area contributed by atoms with Crippen molar-refractivity contribution in [3.05, 3.63) is 48.2 Å². The number of para-hydroxylation sites is 1. The van der Waals surface area contributed by atoms with Crippen molar-refractivity contribution in [2.45, 2.75) is 6.92 Å². The van der Waals surface area contributed by atoms with Crippen LogP contribution in [0.25, 0.3) is 6.08 Å². The summed E-state index contributed by atoms with van der Waals surface area (Å²) in [5.41, 5.74) is 7.27. The zero-order chi connectivity index (χ0) is 15.1. The Morgan fingerprint density at radius 2 is 2.14 bits per heavy atom. The molecule has 0 fully saturated rings. The minimum atomic E-state index is -0.427. The summed E-state index contributed by atoms with van der Waals surface area (Å²) in [7, 11) is 0. The van der Waals surface area contributed by atoms with Crippen LogP contribution in [0.15, 0.2) is 42.6 Å². The van der Waals surface area contributed by atoms with Crippen molar-refractivity contribution in [1.82, 2.24) is 9.97 Å². The fraction of sp³-hybridized carbons (Fsp3) is 0.133. The Balaban J connectivity index is 2.09. The molecule has 1 aromatic carbocycles. The number of nitrogens with zero attached hydrogens (tertiary/aromatic N) is 2. The molecule has 0 aliphatic rings. The van der Waals surface area contributed by atoms with Crippen molar-refractivity contribution in [1.29, 1.82) is 0 Å². The van der Waals surface area contributed by atoms with Crippen molar-refractivity contribution < 1.29 is 9.53 Å². The number of nitrogens with one attached hydrogen (secondary N) is 1. The fourth-order valence-corrected chi connectivity index (χ4v) is 1.59. The summed E-state index contributed by atoms with van der Waals surface area (Å²) in [5, 5.41) is 3.04. The van der Waals surface area contributed by atoms with Crippen LogP contribution in [0.2, 0.25) is 0 Å². The molecule has 2 aromatic rings. The molecular weight excluding hydrogens is 268 g/mol. The quantitative estimate of drug-likeness (QED) is 0.647. The van der Waals surface area contributed by atoms with Crippen molar-refractivity contribution in [3.63, 3.8) is 0 Å². The molecule has 108 valence electrons. The number of esters is 1. The molecule has 6 nitrogen and oxygen atoms in total. The van der Waals surface area contributed by atoms with Gasteiger partial charge < -0.3 is 15.8 Å². The highest BCUT2D eigenvalue weighted by molar-refractivity contribution is 5.87. The average molecular weight is 284 g/mol. The summed E-state index contributed by atoms with van der Waals surface area (Å²) in [5.74, 6) is 0.249. The molecular formula is C15H16N4O2. The zero-order valence-corrected chi connectivity index (χ0v) is 11.6. The van der Waals surface area contributed by atoms with Gasteiger partial charge in [0, 0.05) is 23.5 Å². The maximum absolute atomic E-state index is 11.2. The molecule has 0 radical (unpaired) electrons. The van der Waals surface area contributed by atoms with Crippen LogP contribution < -0.4 is 11.1 Å².